The average molecular weight is 274 g/mol. The minimum atomic E-state index is -0.228. The lowest BCUT2D eigenvalue weighted by Gasteiger charge is -2.25. The lowest BCUT2D eigenvalue weighted by Crippen LogP contribution is -2.40. The van der Waals surface area contributed by atoms with E-state index in [4.69, 9.17) is 0 Å². The first-order valence-electron chi connectivity index (χ1n) is 6.88. The summed E-state index contributed by atoms with van der Waals surface area (Å²) in [5, 5.41) is 13.3. The summed E-state index contributed by atoms with van der Waals surface area (Å²) >= 11 is 0. The van der Waals surface area contributed by atoms with Gasteiger partial charge < -0.3 is 15.4 Å². The number of benzene rings is 1. The number of para-hydroxylation sites is 1. The zero-order valence-corrected chi connectivity index (χ0v) is 12.2. The van der Waals surface area contributed by atoms with Crippen LogP contribution in [0.2, 0.25) is 0 Å². The van der Waals surface area contributed by atoms with Gasteiger partial charge in [-0.3, -0.25) is 4.79 Å². The molecule has 0 saturated heterocycles. The zero-order chi connectivity index (χ0) is 14.8. The third-order valence-corrected chi connectivity index (χ3v) is 3.19. The largest absolute Gasteiger partial charge is 0.394 e. The fourth-order valence-electron chi connectivity index (χ4n) is 2.36. The van der Waals surface area contributed by atoms with Crippen LogP contribution in [0.3, 0.4) is 0 Å². The molecule has 108 valence electrons. The smallest absolute Gasteiger partial charge is 0.268 e. The van der Waals surface area contributed by atoms with Gasteiger partial charge in [-0.15, -0.1) is 0 Å². The predicted molar refractivity (Wildman–Crippen MR) is 80.7 cm³/mol. The van der Waals surface area contributed by atoms with Crippen molar-refractivity contribution in [3.8, 4) is 0 Å². The second-order valence-electron chi connectivity index (χ2n) is 6.39. The Labute approximate surface area is 119 Å². The quantitative estimate of drug-likeness (QED) is 0.802. The van der Waals surface area contributed by atoms with Crippen molar-refractivity contribution in [2.45, 2.75) is 33.2 Å². The van der Waals surface area contributed by atoms with Gasteiger partial charge in [0, 0.05) is 10.9 Å². The van der Waals surface area contributed by atoms with Crippen LogP contribution in [0.15, 0.2) is 30.3 Å². The molecule has 1 heterocycles. The summed E-state index contributed by atoms with van der Waals surface area (Å²) in [5.74, 6) is -0.176. The molecule has 1 unspecified atom stereocenters. The number of H-pyrrole nitrogens is 1. The normalized spacial score (nSPS) is 13.4. The van der Waals surface area contributed by atoms with Crippen molar-refractivity contribution >= 4 is 16.8 Å². The second-order valence-corrected chi connectivity index (χ2v) is 6.39. The van der Waals surface area contributed by atoms with E-state index < -0.39 is 0 Å². The second kappa shape index (κ2) is 5.67. The van der Waals surface area contributed by atoms with Gasteiger partial charge in [-0.25, -0.2) is 0 Å². The number of aromatic amines is 1. The first-order valence-corrected chi connectivity index (χ1v) is 6.88. The molecule has 1 aromatic heterocycles. The molecule has 0 aliphatic rings. The number of hydrogen-bond acceptors (Lipinski definition) is 2. The maximum absolute atomic E-state index is 12.2. The SMILES string of the molecule is CC(C)(C)CC(CO)NC(=O)c1cc2ccccc2[nH]1. The van der Waals surface area contributed by atoms with E-state index in [0.29, 0.717) is 5.69 Å². The Bertz CT molecular complexity index is 563. The van der Waals surface area contributed by atoms with Crippen molar-refractivity contribution in [1.82, 2.24) is 10.3 Å². The summed E-state index contributed by atoms with van der Waals surface area (Å²) < 4.78 is 0. The van der Waals surface area contributed by atoms with Gasteiger partial charge in [0.15, 0.2) is 0 Å². The lowest BCUT2D eigenvalue weighted by molar-refractivity contribution is 0.0893. The minimum absolute atomic E-state index is 0.0523. The van der Waals surface area contributed by atoms with Crippen LogP contribution < -0.4 is 5.32 Å². The van der Waals surface area contributed by atoms with E-state index >= 15 is 0 Å². The van der Waals surface area contributed by atoms with Gasteiger partial charge in [0.1, 0.15) is 5.69 Å². The Kier molecular flexibility index (Phi) is 4.14. The number of carbonyl (C=O) groups is 1. The van der Waals surface area contributed by atoms with Crippen LogP contribution in [0.25, 0.3) is 10.9 Å². The number of rotatable bonds is 4. The predicted octanol–water partition coefficient (Wildman–Crippen LogP) is 2.69. The monoisotopic (exact) mass is 274 g/mol. The number of aliphatic hydroxyl groups excluding tert-OH is 1. The molecule has 0 bridgehead atoms. The number of amides is 1. The zero-order valence-electron chi connectivity index (χ0n) is 12.2. The number of fused-ring (bicyclic) bond motifs is 1. The van der Waals surface area contributed by atoms with Gasteiger partial charge in [-0.1, -0.05) is 39.0 Å². The average Bonchev–Trinajstić information content (AvgIpc) is 2.80. The first-order chi connectivity index (χ1) is 9.39. The van der Waals surface area contributed by atoms with Crippen LogP contribution in [0, 0.1) is 5.41 Å². The Morgan fingerprint density at radius 3 is 2.65 bits per heavy atom. The van der Waals surface area contributed by atoms with Crippen LogP contribution in [0.4, 0.5) is 0 Å². The number of carbonyl (C=O) groups excluding carboxylic acids is 1. The van der Waals surface area contributed by atoms with Gasteiger partial charge in [0.05, 0.1) is 12.6 Å². The van der Waals surface area contributed by atoms with Crippen molar-refractivity contribution < 1.29 is 9.90 Å². The third-order valence-electron chi connectivity index (χ3n) is 3.19. The number of aromatic nitrogens is 1. The van der Waals surface area contributed by atoms with Crippen molar-refractivity contribution in [2.24, 2.45) is 5.41 Å². The molecule has 1 amide bonds. The van der Waals surface area contributed by atoms with E-state index in [9.17, 15) is 9.90 Å². The van der Waals surface area contributed by atoms with E-state index in [0.717, 1.165) is 17.3 Å². The molecule has 2 aromatic rings. The highest BCUT2D eigenvalue weighted by atomic mass is 16.3. The lowest BCUT2D eigenvalue weighted by atomic mass is 9.88. The number of hydrogen-bond donors (Lipinski definition) is 3. The molecule has 0 aliphatic carbocycles. The Balaban J connectivity index is 2.10. The van der Waals surface area contributed by atoms with E-state index in [1.807, 2.05) is 30.3 Å². The van der Waals surface area contributed by atoms with E-state index in [1.54, 1.807) is 0 Å². The van der Waals surface area contributed by atoms with E-state index in [-0.39, 0.29) is 24.0 Å². The highest BCUT2D eigenvalue weighted by Gasteiger charge is 2.21. The fourth-order valence-corrected chi connectivity index (χ4v) is 2.36. The molecule has 4 nitrogen and oxygen atoms in total. The van der Waals surface area contributed by atoms with Crippen molar-refractivity contribution in [3.05, 3.63) is 36.0 Å². The topological polar surface area (TPSA) is 65.1 Å². The van der Waals surface area contributed by atoms with Gasteiger partial charge in [-0.2, -0.15) is 0 Å². The van der Waals surface area contributed by atoms with Gasteiger partial charge in [0.2, 0.25) is 0 Å². The summed E-state index contributed by atoms with van der Waals surface area (Å²) in [6, 6.07) is 9.36. The summed E-state index contributed by atoms with van der Waals surface area (Å²) in [5.41, 5.74) is 1.52. The van der Waals surface area contributed by atoms with Crippen molar-refractivity contribution in [1.29, 1.82) is 0 Å². The van der Waals surface area contributed by atoms with E-state index in [2.05, 4.69) is 31.1 Å². The molecule has 0 saturated carbocycles. The summed E-state index contributed by atoms with van der Waals surface area (Å²) in [6.45, 7) is 6.21. The van der Waals surface area contributed by atoms with Gasteiger partial charge >= 0.3 is 0 Å². The standard InChI is InChI=1S/C16H22N2O2/c1-16(2,3)9-12(10-19)17-15(20)14-8-11-6-4-5-7-13(11)18-14/h4-8,12,18-19H,9-10H2,1-3H3,(H,17,20). The highest BCUT2D eigenvalue weighted by Crippen LogP contribution is 2.21. The molecule has 1 atom stereocenters. The Morgan fingerprint density at radius 1 is 1.35 bits per heavy atom. The molecule has 0 spiro atoms. The molecule has 0 aliphatic heterocycles. The number of nitrogens with one attached hydrogen (secondary N) is 2. The molecule has 20 heavy (non-hydrogen) atoms. The number of aliphatic hydroxyl groups is 1. The van der Waals surface area contributed by atoms with Crippen LogP contribution in [-0.2, 0) is 0 Å². The van der Waals surface area contributed by atoms with Crippen LogP contribution >= 0.6 is 0 Å². The van der Waals surface area contributed by atoms with Crippen LogP contribution in [0.5, 0.6) is 0 Å². The van der Waals surface area contributed by atoms with Crippen molar-refractivity contribution in [3.63, 3.8) is 0 Å². The molecular formula is C16H22N2O2. The third kappa shape index (κ3) is 3.61. The minimum Gasteiger partial charge on any atom is -0.394 e. The molecule has 2 rings (SSSR count). The fraction of sp³-hybridized carbons (Fsp3) is 0.438. The maximum atomic E-state index is 12.2. The Morgan fingerprint density at radius 2 is 2.05 bits per heavy atom. The first kappa shape index (κ1) is 14.6. The highest BCUT2D eigenvalue weighted by molar-refractivity contribution is 5.98. The van der Waals surface area contributed by atoms with Crippen molar-refractivity contribution in [2.75, 3.05) is 6.61 Å². The maximum Gasteiger partial charge on any atom is 0.268 e. The van der Waals surface area contributed by atoms with Gasteiger partial charge in [-0.05, 0) is 24.0 Å². The summed E-state index contributed by atoms with van der Waals surface area (Å²) in [4.78, 5) is 15.3. The van der Waals surface area contributed by atoms with Crippen LogP contribution in [-0.4, -0.2) is 28.6 Å². The molecule has 0 fully saturated rings. The van der Waals surface area contributed by atoms with E-state index in [1.165, 1.54) is 0 Å². The molecular weight excluding hydrogens is 252 g/mol. The molecule has 1 aromatic carbocycles. The summed E-state index contributed by atoms with van der Waals surface area (Å²) in [7, 11) is 0. The van der Waals surface area contributed by atoms with Crippen LogP contribution in [0.1, 0.15) is 37.7 Å². The molecule has 4 heteroatoms. The molecule has 0 radical (unpaired) electrons. The Hall–Kier alpha value is -1.81. The van der Waals surface area contributed by atoms with Gasteiger partial charge in [0.25, 0.3) is 5.91 Å². The molecule has 3 N–H and O–H groups in total. The summed E-state index contributed by atoms with van der Waals surface area (Å²) in [6.07, 6.45) is 0.732.